The molecule has 0 aromatic heterocycles. The van der Waals surface area contributed by atoms with Gasteiger partial charge in [0, 0.05) is 19.6 Å². The molecule has 2 N–H and O–H groups in total. The first-order valence-electron chi connectivity index (χ1n) is 10.8. The van der Waals surface area contributed by atoms with Gasteiger partial charge < -0.3 is 19.9 Å². The molecule has 1 aliphatic heterocycles. The summed E-state index contributed by atoms with van der Waals surface area (Å²) in [5.74, 6) is -0.0501. The average Bonchev–Trinajstić information content (AvgIpc) is 2.84. The number of para-hydroxylation sites is 1. The number of carbonyl (C=O) groups excluding carboxylic acids is 2. The van der Waals surface area contributed by atoms with Crippen LogP contribution in [0.4, 0.5) is 10.5 Å². The number of ether oxygens (including phenoxy) is 1. The van der Waals surface area contributed by atoms with Gasteiger partial charge in [0.2, 0.25) is 5.96 Å². The normalized spacial score (nSPS) is 16.0. The van der Waals surface area contributed by atoms with Crippen LogP contribution in [-0.4, -0.2) is 60.5 Å². The molecule has 2 amide bonds. The Kier molecular flexibility index (Phi) is 8.24. The minimum absolute atomic E-state index is 0.190. The topological polar surface area (TPSA) is 110 Å². The molecule has 9 nitrogen and oxygen atoms in total. The number of esters is 1. The van der Waals surface area contributed by atoms with E-state index in [1.807, 2.05) is 72.6 Å². The standard InChI is InChI=1S/C24H28N6O3/c1-3-33-22(31)15-26-24(32)30-14-13-29(16-21(30)19-10-5-4-6-11-19)23(27-17-25)28-20-12-8-7-9-18(20)2/h4-12,21H,3,13-16H2,1-2H3,(H,26,32)(H,27,28). The number of aliphatic imine (C=N–C) groups is 1. The van der Waals surface area contributed by atoms with Gasteiger partial charge in [-0.05, 0) is 31.0 Å². The molecule has 9 heteroatoms. The highest BCUT2D eigenvalue weighted by Gasteiger charge is 2.33. The Balaban J connectivity index is 1.84. The van der Waals surface area contributed by atoms with E-state index in [9.17, 15) is 14.9 Å². The van der Waals surface area contributed by atoms with Crippen molar-refractivity contribution in [3.05, 3.63) is 65.7 Å². The molecule has 3 rings (SSSR count). The molecular weight excluding hydrogens is 420 g/mol. The van der Waals surface area contributed by atoms with Crippen molar-refractivity contribution in [3.63, 3.8) is 0 Å². The monoisotopic (exact) mass is 448 g/mol. The number of aryl methyl sites for hydroxylation is 1. The minimum Gasteiger partial charge on any atom is -0.465 e. The lowest BCUT2D eigenvalue weighted by atomic mass is 10.0. The van der Waals surface area contributed by atoms with Gasteiger partial charge in [-0.25, -0.2) is 9.79 Å². The van der Waals surface area contributed by atoms with Gasteiger partial charge in [0.25, 0.3) is 0 Å². The number of hydrogen-bond acceptors (Lipinski definition) is 5. The van der Waals surface area contributed by atoms with Crippen molar-refractivity contribution in [3.8, 4) is 6.19 Å². The van der Waals surface area contributed by atoms with Gasteiger partial charge in [0.15, 0.2) is 6.19 Å². The van der Waals surface area contributed by atoms with Crippen LogP contribution in [0.25, 0.3) is 0 Å². The molecule has 0 spiro atoms. The summed E-state index contributed by atoms with van der Waals surface area (Å²) in [6.45, 7) is 5.02. The number of nitriles is 1. The summed E-state index contributed by atoms with van der Waals surface area (Å²) in [4.78, 5) is 32.9. The van der Waals surface area contributed by atoms with Crippen LogP contribution < -0.4 is 10.6 Å². The Labute approximate surface area is 193 Å². The van der Waals surface area contributed by atoms with Crippen molar-refractivity contribution in [2.75, 3.05) is 32.8 Å². The maximum Gasteiger partial charge on any atom is 0.325 e. The van der Waals surface area contributed by atoms with Gasteiger partial charge in [0.05, 0.1) is 18.3 Å². The van der Waals surface area contributed by atoms with Crippen molar-refractivity contribution in [1.29, 1.82) is 5.26 Å². The molecule has 1 atom stereocenters. The highest BCUT2D eigenvalue weighted by Crippen LogP contribution is 2.26. The van der Waals surface area contributed by atoms with Crippen LogP contribution in [0.1, 0.15) is 24.1 Å². The first-order chi connectivity index (χ1) is 16.0. The van der Waals surface area contributed by atoms with Gasteiger partial charge in [-0.2, -0.15) is 5.26 Å². The van der Waals surface area contributed by atoms with Gasteiger partial charge in [-0.15, -0.1) is 0 Å². The van der Waals surface area contributed by atoms with Crippen LogP contribution in [0.15, 0.2) is 59.6 Å². The summed E-state index contributed by atoms with van der Waals surface area (Å²) in [6.07, 6.45) is 1.97. The summed E-state index contributed by atoms with van der Waals surface area (Å²) >= 11 is 0. The van der Waals surface area contributed by atoms with Crippen molar-refractivity contribution < 1.29 is 14.3 Å². The van der Waals surface area contributed by atoms with E-state index in [1.165, 1.54) is 0 Å². The number of rotatable bonds is 5. The van der Waals surface area contributed by atoms with Crippen molar-refractivity contribution in [2.24, 2.45) is 4.99 Å². The lowest BCUT2D eigenvalue weighted by molar-refractivity contribution is -0.141. The molecule has 0 bridgehead atoms. The quantitative estimate of drug-likeness (QED) is 0.239. The second-order valence-corrected chi connectivity index (χ2v) is 7.49. The molecule has 1 aliphatic rings. The number of urea groups is 1. The minimum atomic E-state index is -0.480. The van der Waals surface area contributed by atoms with Crippen LogP contribution >= 0.6 is 0 Å². The third-order valence-corrected chi connectivity index (χ3v) is 5.32. The lowest BCUT2D eigenvalue weighted by Crippen LogP contribution is -2.56. The zero-order chi connectivity index (χ0) is 23.6. The smallest absolute Gasteiger partial charge is 0.325 e. The summed E-state index contributed by atoms with van der Waals surface area (Å²) in [7, 11) is 0. The van der Waals surface area contributed by atoms with Crippen LogP contribution in [0.5, 0.6) is 0 Å². The summed E-state index contributed by atoms with van der Waals surface area (Å²) < 4.78 is 4.90. The molecule has 1 heterocycles. The average molecular weight is 449 g/mol. The zero-order valence-corrected chi connectivity index (χ0v) is 18.8. The number of benzene rings is 2. The van der Waals surface area contributed by atoms with E-state index in [0.29, 0.717) is 25.6 Å². The number of nitrogens with zero attached hydrogens (tertiary/aromatic N) is 4. The maximum absolute atomic E-state index is 12.9. The molecule has 172 valence electrons. The van der Waals surface area contributed by atoms with E-state index in [4.69, 9.17) is 4.74 Å². The summed E-state index contributed by atoms with van der Waals surface area (Å²) in [5, 5.41) is 14.7. The van der Waals surface area contributed by atoms with Crippen LogP contribution in [0.3, 0.4) is 0 Å². The molecule has 0 aliphatic carbocycles. The van der Waals surface area contributed by atoms with Crippen LogP contribution in [0, 0.1) is 18.4 Å². The Hall–Kier alpha value is -4.06. The van der Waals surface area contributed by atoms with Crippen LogP contribution in [0.2, 0.25) is 0 Å². The number of guanidine groups is 1. The predicted molar refractivity (Wildman–Crippen MR) is 125 cm³/mol. The third kappa shape index (κ3) is 6.23. The van der Waals surface area contributed by atoms with Crippen molar-refractivity contribution in [2.45, 2.75) is 19.9 Å². The Bertz CT molecular complexity index is 1030. The first-order valence-corrected chi connectivity index (χ1v) is 10.8. The van der Waals surface area contributed by atoms with Crippen LogP contribution in [-0.2, 0) is 9.53 Å². The maximum atomic E-state index is 12.9. The van der Waals surface area contributed by atoms with Gasteiger partial charge in [-0.1, -0.05) is 48.5 Å². The Morgan fingerprint density at radius 2 is 1.88 bits per heavy atom. The van der Waals surface area contributed by atoms with Gasteiger partial charge in [0.1, 0.15) is 6.54 Å². The number of carbonyl (C=O) groups is 2. The van der Waals surface area contributed by atoms with Crippen molar-refractivity contribution in [1.82, 2.24) is 20.4 Å². The lowest BCUT2D eigenvalue weighted by Gasteiger charge is -2.42. The molecule has 2 aromatic rings. The summed E-state index contributed by atoms with van der Waals surface area (Å²) in [5.41, 5.74) is 2.70. The van der Waals surface area contributed by atoms with Crippen molar-refractivity contribution >= 4 is 23.6 Å². The fourth-order valence-corrected chi connectivity index (χ4v) is 3.67. The molecule has 2 aromatic carbocycles. The highest BCUT2D eigenvalue weighted by molar-refractivity contribution is 5.85. The Morgan fingerprint density at radius 1 is 1.15 bits per heavy atom. The van der Waals surface area contributed by atoms with E-state index in [1.54, 1.807) is 11.8 Å². The second-order valence-electron chi connectivity index (χ2n) is 7.49. The highest BCUT2D eigenvalue weighted by atomic mass is 16.5. The third-order valence-electron chi connectivity index (χ3n) is 5.32. The predicted octanol–water partition coefficient (Wildman–Crippen LogP) is 2.68. The molecule has 0 radical (unpaired) electrons. The second kappa shape index (κ2) is 11.5. The number of amides is 2. The molecule has 0 saturated carbocycles. The zero-order valence-electron chi connectivity index (χ0n) is 18.8. The van der Waals surface area contributed by atoms with E-state index < -0.39 is 5.97 Å². The fourth-order valence-electron chi connectivity index (χ4n) is 3.67. The van der Waals surface area contributed by atoms with Gasteiger partial charge >= 0.3 is 12.0 Å². The number of piperazine rings is 1. The molecule has 1 fully saturated rings. The molecule has 1 saturated heterocycles. The molecular formula is C24H28N6O3. The number of hydrogen-bond donors (Lipinski definition) is 2. The largest absolute Gasteiger partial charge is 0.465 e. The Morgan fingerprint density at radius 3 is 2.58 bits per heavy atom. The summed E-state index contributed by atoms with van der Waals surface area (Å²) in [6, 6.07) is 16.7. The van der Waals surface area contributed by atoms with E-state index in [2.05, 4.69) is 15.6 Å². The van der Waals surface area contributed by atoms with E-state index in [0.717, 1.165) is 16.8 Å². The van der Waals surface area contributed by atoms with E-state index >= 15 is 0 Å². The molecule has 33 heavy (non-hydrogen) atoms. The van der Waals surface area contributed by atoms with Gasteiger partial charge in [-0.3, -0.25) is 10.1 Å². The SMILES string of the molecule is CCOC(=O)CNC(=O)N1CCN(C(=Nc2ccccc2C)NC#N)CC1c1ccccc1. The first kappa shape index (κ1) is 23.6. The van der Waals surface area contributed by atoms with E-state index in [-0.39, 0.29) is 25.2 Å². The fraction of sp³-hybridized carbons (Fsp3) is 0.333. The molecule has 1 unspecified atom stereocenters. The number of nitrogens with one attached hydrogen (secondary N) is 2.